The maximum atomic E-state index is 12.7. The molecule has 168 valence electrons. The lowest BCUT2D eigenvalue weighted by atomic mass is 9.96. The number of carbonyl (C=O) groups excluding carboxylic acids is 1. The average molecular weight is 435 g/mol. The molecule has 1 amide bonds. The minimum atomic E-state index is -0.00821. The van der Waals surface area contributed by atoms with Crippen LogP contribution in [-0.4, -0.2) is 40.1 Å². The number of anilines is 1. The Hall–Kier alpha value is -3.19. The van der Waals surface area contributed by atoms with E-state index in [1.54, 1.807) is 0 Å². The lowest BCUT2D eigenvalue weighted by molar-refractivity contribution is -0.121. The van der Waals surface area contributed by atoms with Gasteiger partial charge < -0.3 is 14.6 Å². The third-order valence-electron chi connectivity index (χ3n) is 5.64. The largest absolute Gasteiger partial charge is 0.491 e. The number of aryl methyl sites for hydroxylation is 1. The zero-order valence-corrected chi connectivity index (χ0v) is 18.9. The van der Waals surface area contributed by atoms with Crippen molar-refractivity contribution in [1.82, 2.24) is 15.0 Å². The summed E-state index contributed by atoms with van der Waals surface area (Å²) in [6.45, 7) is 8.23. The Morgan fingerprint density at radius 2 is 1.97 bits per heavy atom. The van der Waals surface area contributed by atoms with Gasteiger partial charge in [0.05, 0.1) is 12.6 Å². The van der Waals surface area contributed by atoms with Crippen LogP contribution in [-0.2, 0) is 11.3 Å². The number of nitrogens with zero attached hydrogens (tertiary/aromatic N) is 3. The zero-order chi connectivity index (χ0) is 22.5. The van der Waals surface area contributed by atoms with Crippen LogP contribution in [0.25, 0.3) is 11.4 Å². The lowest BCUT2D eigenvalue weighted by Gasteiger charge is -2.30. The number of carbonyl (C=O) groups is 1. The molecule has 0 unspecified atom stereocenters. The van der Waals surface area contributed by atoms with Gasteiger partial charge in [0, 0.05) is 23.2 Å². The molecule has 1 aromatic heterocycles. The van der Waals surface area contributed by atoms with Crippen molar-refractivity contribution in [2.45, 2.75) is 46.3 Å². The molecule has 1 fully saturated rings. The van der Waals surface area contributed by atoms with Crippen LogP contribution >= 0.6 is 0 Å². The minimum absolute atomic E-state index is 0.00821. The van der Waals surface area contributed by atoms with Crippen molar-refractivity contribution in [2.24, 2.45) is 5.92 Å². The number of likely N-dealkylation sites (tertiary alicyclic amines) is 1. The molecule has 7 nitrogen and oxygen atoms in total. The number of aromatic nitrogens is 2. The number of nitrogens with one attached hydrogen (secondary N) is 1. The van der Waals surface area contributed by atoms with Crippen molar-refractivity contribution in [1.29, 1.82) is 0 Å². The molecule has 2 aromatic carbocycles. The fourth-order valence-electron chi connectivity index (χ4n) is 3.96. The van der Waals surface area contributed by atoms with Crippen LogP contribution < -0.4 is 10.1 Å². The van der Waals surface area contributed by atoms with Crippen molar-refractivity contribution in [3.8, 4) is 17.1 Å². The predicted molar refractivity (Wildman–Crippen MR) is 123 cm³/mol. The summed E-state index contributed by atoms with van der Waals surface area (Å²) in [4.78, 5) is 19.6. The molecule has 1 aliphatic rings. The first kappa shape index (κ1) is 22.0. The summed E-state index contributed by atoms with van der Waals surface area (Å²) in [6, 6.07) is 15.6. The molecule has 1 saturated heterocycles. The van der Waals surface area contributed by atoms with Crippen LogP contribution in [0.1, 0.15) is 38.1 Å². The van der Waals surface area contributed by atoms with Crippen molar-refractivity contribution in [3.05, 3.63) is 60.0 Å². The molecule has 0 radical (unpaired) electrons. The number of benzene rings is 2. The number of piperidine rings is 1. The molecule has 32 heavy (non-hydrogen) atoms. The third-order valence-corrected chi connectivity index (χ3v) is 5.64. The maximum absolute atomic E-state index is 12.7. The smallest absolute Gasteiger partial charge is 0.241 e. The second kappa shape index (κ2) is 9.96. The van der Waals surface area contributed by atoms with Crippen LogP contribution in [0.15, 0.2) is 53.1 Å². The van der Waals surface area contributed by atoms with Gasteiger partial charge in [-0.15, -0.1) is 0 Å². The lowest BCUT2D eigenvalue weighted by Crippen LogP contribution is -2.37. The number of amides is 1. The topological polar surface area (TPSA) is 80.5 Å². The SMILES string of the molecule is Cc1ccccc1-c1noc(CN2CCC(C(=O)Nc3cccc(OC(C)C)c3)CC2)n1. The fraction of sp³-hybridized carbons (Fsp3) is 0.400. The second-order valence-electron chi connectivity index (χ2n) is 8.56. The van der Waals surface area contributed by atoms with Crippen LogP contribution in [0.5, 0.6) is 5.75 Å². The molecule has 1 N–H and O–H groups in total. The summed E-state index contributed by atoms with van der Waals surface area (Å²) in [6.07, 6.45) is 1.69. The van der Waals surface area contributed by atoms with Gasteiger partial charge in [-0.05, 0) is 64.4 Å². The Kier molecular flexibility index (Phi) is 6.85. The van der Waals surface area contributed by atoms with Gasteiger partial charge in [0.25, 0.3) is 0 Å². The molecular formula is C25H30N4O3. The van der Waals surface area contributed by atoms with Crippen molar-refractivity contribution in [2.75, 3.05) is 18.4 Å². The molecule has 0 saturated carbocycles. The standard InChI is InChI=1S/C25H30N4O3/c1-17(2)31-21-9-6-8-20(15-21)26-25(30)19-11-13-29(14-12-19)16-23-27-24(28-32-23)22-10-5-4-7-18(22)3/h4-10,15,17,19H,11-14,16H2,1-3H3,(H,26,30). The quantitative estimate of drug-likeness (QED) is 0.581. The van der Waals surface area contributed by atoms with Gasteiger partial charge in [-0.2, -0.15) is 4.98 Å². The van der Waals surface area contributed by atoms with E-state index in [0.29, 0.717) is 18.3 Å². The summed E-state index contributed by atoms with van der Waals surface area (Å²) >= 11 is 0. The monoisotopic (exact) mass is 434 g/mol. The van der Waals surface area contributed by atoms with Crippen LogP contribution in [0, 0.1) is 12.8 Å². The normalized spacial score (nSPS) is 15.1. The summed E-state index contributed by atoms with van der Waals surface area (Å²) in [5, 5.41) is 7.18. The van der Waals surface area contributed by atoms with E-state index in [-0.39, 0.29) is 17.9 Å². The molecule has 7 heteroatoms. The first-order chi connectivity index (χ1) is 15.5. The minimum Gasteiger partial charge on any atom is -0.491 e. The Bertz CT molecular complexity index is 1050. The summed E-state index contributed by atoms with van der Waals surface area (Å²) in [5.41, 5.74) is 2.87. The van der Waals surface area contributed by atoms with Gasteiger partial charge in [0.15, 0.2) is 0 Å². The van der Waals surface area contributed by atoms with Crippen molar-refractivity contribution >= 4 is 11.6 Å². The molecule has 4 rings (SSSR count). The van der Waals surface area contributed by atoms with Gasteiger partial charge in [-0.3, -0.25) is 9.69 Å². The number of hydrogen-bond acceptors (Lipinski definition) is 6. The summed E-state index contributed by atoms with van der Waals surface area (Å²) in [7, 11) is 0. The average Bonchev–Trinajstić information content (AvgIpc) is 3.22. The van der Waals surface area contributed by atoms with Gasteiger partial charge in [0.2, 0.25) is 17.6 Å². The van der Waals surface area contributed by atoms with Crippen LogP contribution in [0.2, 0.25) is 0 Å². The highest BCUT2D eigenvalue weighted by Gasteiger charge is 2.26. The van der Waals surface area contributed by atoms with E-state index in [2.05, 4.69) is 20.4 Å². The van der Waals surface area contributed by atoms with Gasteiger partial charge in [0.1, 0.15) is 5.75 Å². The van der Waals surface area contributed by atoms with E-state index in [0.717, 1.165) is 48.5 Å². The van der Waals surface area contributed by atoms with E-state index in [1.165, 1.54) is 0 Å². The molecular weight excluding hydrogens is 404 g/mol. The molecule has 0 atom stereocenters. The Labute approximate surface area is 188 Å². The number of rotatable bonds is 7. The first-order valence-corrected chi connectivity index (χ1v) is 11.2. The van der Waals surface area contributed by atoms with E-state index >= 15 is 0 Å². The highest BCUT2D eigenvalue weighted by atomic mass is 16.5. The Morgan fingerprint density at radius 1 is 1.19 bits per heavy atom. The molecule has 2 heterocycles. The van der Waals surface area contributed by atoms with E-state index in [9.17, 15) is 4.79 Å². The highest BCUT2D eigenvalue weighted by Crippen LogP contribution is 2.24. The first-order valence-electron chi connectivity index (χ1n) is 11.2. The Morgan fingerprint density at radius 3 is 2.72 bits per heavy atom. The van der Waals surface area contributed by atoms with Crippen LogP contribution in [0.3, 0.4) is 0 Å². The number of ether oxygens (including phenoxy) is 1. The van der Waals surface area contributed by atoms with Crippen molar-refractivity contribution in [3.63, 3.8) is 0 Å². The fourth-order valence-corrected chi connectivity index (χ4v) is 3.96. The van der Waals surface area contributed by atoms with Crippen LogP contribution in [0.4, 0.5) is 5.69 Å². The number of hydrogen-bond donors (Lipinski definition) is 1. The van der Waals surface area contributed by atoms with E-state index in [1.807, 2.05) is 69.3 Å². The van der Waals surface area contributed by atoms with Gasteiger partial charge in [-0.25, -0.2) is 0 Å². The highest BCUT2D eigenvalue weighted by molar-refractivity contribution is 5.92. The summed E-state index contributed by atoms with van der Waals surface area (Å²) in [5.74, 6) is 2.04. The molecule has 1 aliphatic heterocycles. The summed E-state index contributed by atoms with van der Waals surface area (Å²) < 4.78 is 11.2. The van der Waals surface area contributed by atoms with E-state index < -0.39 is 0 Å². The predicted octanol–water partition coefficient (Wildman–Crippen LogP) is 4.68. The van der Waals surface area contributed by atoms with E-state index in [4.69, 9.17) is 9.26 Å². The maximum Gasteiger partial charge on any atom is 0.241 e. The Balaban J connectivity index is 1.28. The second-order valence-corrected chi connectivity index (χ2v) is 8.56. The molecule has 0 bridgehead atoms. The van der Waals surface area contributed by atoms with Crippen molar-refractivity contribution < 1.29 is 14.1 Å². The molecule has 0 aliphatic carbocycles. The molecule has 3 aromatic rings. The third kappa shape index (κ3) is 5.53. The zero-order valence-electron chi connectivity index (χ0n) is 18.9. The van der Waals surface area contributed by atoms with Gasteiger partial charge in [-0.1, -0.05) is 35.5 Å². The van der Waals surface area contributed by atoms with Gasteiger partial charge >= 0.3 is 0 Å². The molecule has 0 spiro atoms.